The lowest BCUT2D eigenvalue weighted by molar-refractivity contribution is -0.168. The Labute approximate surface area is 163 Å². The Morgan fingerprint density at radius 3 is 2.25 bits per heavy atom. The van der Waals surface area contributed by atoms with Crippen LogP contribution in [0.4, 0.5) is 0 Å². The summed E-state index contributed by atoms with van der Waals surface area (Å²) in [6.07, 6.45) is 3.11. The minimum Gasteiger partial charge on any atom is -0.468 e. The zero-order chi connectivity index (χ0) is 20.5. The predicted octanol–water partition coefficient (Wildman–Crippen LogP) is 2.07. The number of esters is 3. The molecule has 0 aromatic heterocycles. The fourth-order valence-corrected chi connectivity index (χ4v) is 3.87. The summed E-state index contributed by atoms with van der Waals surface area (Å²) in [6, 6.07) is 5.76. The molecule has 28 heavy (non-hydrogen) atoms. The van der Waals surface area contributed by atoms with Crippen molar-refractivity contribution in [3.05, 3.63) is 47.0 Å². The lowest BCUT2D eigenvalue weighted by Gasteiger charge is -2.30. The third kappa shape index (κ3) is 3.54. The van der Waals surface area contributed by atoms with Crippen molar-refractivity contribution in [2.24, 2.45) is 5.41 Å². The van der Waals surface area contributed by atoms with Gasteiger partial charge in [0.25, 0.3) is 0 Å². The van der Waals surface area contributed by atoms with Crippen LogP contribution < -0.4 is 0 Å². The number of methoxy groups -OCH3 is 2. The smallest absolute Gasteiger partial charge is 0.323 e. The Morgan fingerprint density at radius 2 is 1.68 bits per heavy atom. The van der Waals surface area contributed by atoms with Gasteiger partial charge < -0.3 is 18.9 Å². The Morgan fingerprint density at radius 1 is 1.04 bits per heavy atom. The van der Waals surface area contributed by atoms with E-state index in [4.69, 9.17) is 18.9 Å². The average Bonchev–Trinajstić information content (AvgIpc) is 3.07. The topological polar surface area (TPSA) is 88.1 Å². The van der Waals surface area contributed by atoms with Crippen molar-refractivity contribution in [1.29, 1.82) is 0 Å². The molecule has 0 bridgehead atoms. The second-order valence-electron chi connectivity index (χ2n) is 7.17. The first-order valence-electron chi connectivity index (χ1n) is 9.10. The molecule has 0 amide bonds. The summed E-state index contributed by atoms with van der Waals surface area (Å²) >= 11 is 0. The largest absolute Gasteiger partial charge is 0.468 e. The third-order valence-electron chi connectivity index (χ3n) is 5.30. The Kier molecular flexibility index (Phi) is 5.56. The maximum atomic E-state index is 12.4. The van der Waals surface area contributed by atoms with E-state index in [-0.39, 0.29) is 31.0 Å². The minimum atomic E-state index is -1.35. The van der Waals surface area contributed by atoms with E-state index in [1.54, 1.807) is 0 Å². The molecule has 0 unspecified atom stereocenters. The van der Waals surface area contributed by atoms with E-state index in [0.717, 1.165) is 16.7 Å². The molecule has 0 N–H and O–H groups in total. The molecule has 7 heteroatoms. The number of hydrogen-bond donors (Lipinski definition) is 0. The van der Waals surface area contributed by atoms with E-state index in [2.05, 4.69) is 0 Å². The highest BCUT2D eigenvalue weighted by Crippen LogP contribution is 2.41. The fraction of sp³-hybridized carbons (Fsp3) is 0.476. The quantitative estimate of drug-likeness (QED) is 0.338. The van der Waals surface area contributed by atoms with Crippen LogP contribution in [0.25, 0.3) is 0 Å². The molecule has 3 atom stereocenters. The van der Waals surface area contributed by atoms with Gasteiger partial charge in [0.1, 0.15) is 12.2 Å². The molecule has 0 spiro atoms. The first-order chi connectivity index (χ1) is 13.3. The maximum absolute atomic E-state index is 12.4. The van der Waals surface area contributed by atoms with Gasteiger partial charge in [-0.3, -0.25) is 14.4 Å². The normalized spacial score (nSPS) is 24.9. The van der Waals surface area contributed by atoms with Gasteiger partial charge in [-0.15, -0.1) is 0 Å². The molecule has 7 nitrogen and oxygen atoms in total. The zero-order valence-electron chi connectivity index (χ0n) is 16.4. The van der Waals surface area contributed by atoms with Crippen LogP contribution in [0.15, 0.2) is 30.4 Å². The van der Waals surface area contributed by atoms with Gasteiger partial charge in [0.05, 0.1) is 20.3 Å². The van der Waals surface area contributed by atoms with Crippen LogP contribution in [0, 0.1) is 5.41 Å². The molecule has 150 valence electrons. The summed E-state index contributed by atoms with van der Waals surface area (Å²) in [5, 5.41) is 0. The average molecular weight is 388 g/mol. The van der Waals surface area contributed by atoms with E-state index in [9.17, 15) is 14.4 Å². The van der Waals surface area contributed by atoms with Gasteiger partial charge in [-0.2, -0.15) is 0 Å². The molecular formula is C21H24O7. The number of rotatable bonds is 4. The van der Waals surface area contributed by atoms with Crippen LogP contribution in [0.1, 0.15) is 36.6 Å². The summed E-state index contributed by atoms with van der Waals surface area (Å²) < 4.78 is 21.0. The maximum Gasteiger partial charge on any atom is 0.323 e. The summed E-state index contributed by atoms with van der Waals surface area (Å²) in [4.78, 5) is 35.9. The highest BCUT2D eigenvalue weighted by Gasteiger charge is 2.52. The molecule has 1 heterocycles. The summed E-state index contributed by atoms with van der Waals surface area (Å²) in [5.74, 6) is -1.55. The number of hydrogen-bond acceptors (Lipinski definition) is 7. The van der Waals surface area contributed by atoms with Crippen molar-refractivity contribution in [3.63, 3.8) is 0 Å². The molecule has 0 radical (unpaired) electrons. The molecule has 0 saturated carbocycles. The number of ether oxygens (including phenoxy) is 4. The van der Waals surface area contributed by atoms with E-state index >= 15 is 0 Å². The predicted molar refractivity (Wildman–Crippen MR) is 98.3 cm³/mol. The van der Waals surface area contributed by atoms with Crippen LogP contribution in [0.2, 0.25) is 0 Å². The molecular weight excluding hydrogens is 364 g/mol. The first-order valence-corrected chi connectivity index (χ1v) is 9.10. The molecule has 1 aliphatic carbocycles. The Hall–Kier alpha value is -2.67. The molecule has 3 rings (SSSR count). The summed E-state index contributed by atoms with van der Waals surface area (Å²) in [5.41, 5.74) is 1.35. The van der Waals surface area contributed by atoms with E-state index in [0.29, 0.717) is 0 Å². The Balaban J connectivity index is 1.84. The van der Waals surface area contributed by atoms with Gasteiger partial charge >= 0.3 is 17.9 Å². The molecule has 1 aromatic carbocycles. The van der Waals surface area contributed by atoms with Crippen LogP contribution >= 0.6 is 0 Å². The van der Waals surface area contributed by atoms with E-state index < -0.39 is 23.5 Å². The number of fused-ring (bicyclic) bond motifs is 1. The van der Waals surface area contributed by atoms with Crippen molar-refractivity contribution >= 4 is 17.9 Å². The molecule has 0 saturated heterocycles. The van der Waals surface area contributed by atoms with Crippen molar-refractivity contribution in [2.45, 2.75) is 45.0 Å². The van der Waals surface area contributed by atoms with E-state index in [1.165, 1.54) is 21.1 Å². The van der Waals surface area contributed by atoms with Crippen molar-refractivity contribution in [3.8, 4) is 0 Å². The van der Waals surface area contributed by atoms with Crippen molar-refractivity contribution < 1.29 is 33.3 Å². The number of carbonyl (C=O) groups excluding carboxylic acids is 3. The Bertz CT molecular complexity index is 810. The van der Waals surface area contributed by atoms with Crippen LogP contribution in [0.5, 0.6) is 0 Å². The monoisotopic (exact) mass is 388 g/mol. The van der Waals surface area contributed by atoms with Gasteiger partial charge in [0.2, 0.25) is 0 Å². The highest BCUT2D eigenvalue weighted by atomic mass is 16.6. The molecule has 1 aromatic rings. The van der Waals surface area contributed by atoms with Gasteiger partial charge in [-0.05, 0) is 42.5 Å². The molecule has 1 aliphatic heterocycles. The summed E-state index contributed by atoms with van der Waals surface area (Å²) in [6.45, 7) is 3.21. The van der Waals surface area contributed by atoms with Gasteiger partial charge in [0.15, 0.2) is 5.41 Å². The molecule has 0 fully saturated rings. The number of carbonyl (C=O) groups is 3. The summed E-state index contributed by atoms with van der Waals surface area (Å²) in [7, 11) is 2.53. The van der Waals surface area contributed by atoms with Crippen LogP contribution in [-0.2, 0) is 46.2 Å². The third-order valence-corrected chi connectivity index (χ3v) is 5.30. The SMILES string of the molecule is COC(=O)C1(C(=O)OC)Cc2ccc([C@@H]3C=C[C@@H](OC(C)=O)[C@H](C)O3)cc2C1. The van der Waals surface area contributed by atoms with E-state index in [1.807, 2.05) is 37.3 Å². The lowest BCUT2D eigenvalue weighted by Crippen LogP contribution is -2.42. The van der Waals surface area contributed by atoms with Gasteiger partial charge in [0, 0.05) is 6.92 Å². The fourth-order valence-electron chi connectivity index (χ4n) is 3.87. The van der Waals surface area contributed by atoms with Gasteiger partial charge in [-0.25, -0.2) is 0 Å². The molecule has 2 aliphatic rings. The van der Waals surface area contributed by atoms with Crippen LogP contribution in [-0.4, -0.2) is 44.3 Å². The second kappa shape index (κ2) is 7.75. The number of benzene rings is 1. The first kappa shape index (κ1) is 20.1. The van der Waals surface area contributed by atoms with Crippen molar-refractivity contribution in [1.82, 2.24) is 0 Å². The lowest BCUT2D eigenvalue weighted by atomic mass is 9.85. The second-order valence-corrected chi connectivity index (χ2v) is 7.17. The van der Waals surface area contributed by atoms with Crippen molar-refractivity contribution in [2.75, 3.05) is 14.2 Å². The van der Waals surface area contributed by atoms with Crippen LogP contribution in [0.3, 0.4) is 0 Å². The standard InChI is InChI=1S/C21H24O7/c1-12-17(28-13(2)22)7-8-18(27-12)14-5-6-15-10-21(19(23)25-3,20(24)26-4)11-16(15)9-14/h5-9,12,17-18H,10-11H2,1-4H3/t12-,17+,18-/m0/s1. The highest BCUT2D eigenvalue weighted by molar-refractivity contribution is 6.01. The van der Waals surface area contributed by atoms with Gasteiger partial charge in [-0.1, -0.05) is 24.3 Å². The minimum absolute atomic E-state index is 0.220. The zero-order valence-corrected chi connectivity index (χ0v) is 16.4.